The molecule has 1 saturated heterocycles. The van der Waals surface area contributed by atoms with Crippen LogP contribution in [-0.4, -0.2) is 24.6 Å². The average molecular weight is 189 g/mol. The van der Waals surface area contributed by atoms with Crippen molar-refractivity contribution in [3.63, 3.8) is 0 Å². The maximum atomic E-state index is 5.10. The average Bonchev–Trinajstić information content (AvgIpc) is 2.98. The van der Waals surface area contributed by atoms with Crippen LogP contribution in [0.2, 0.25) is 0 Å². The minimum atomic E-state index is 0.595. The summed E-state index contributed by atoms with van der Waals surface area (Å²) in [4.78, 5) is 2.37. The van der Waals surface area contributed by atoms with Crippen molar-refractivity contribution in [2.24, 2.45) is 0 Å². The predicted molar refractivity (Wildman–Crippen MR) is 57.4 cm³/mol. The Morgan fingerprint density at radius 1 is 1.50 bits per heavy atom. The summed E-state index contributed by atoms with van der Waals surface area (Å²) in [5.74, 6) is 0.916. The van der Waals surface area contributed by atoms with E-state index in [2.05, 4.69) is 23.6 Å². The molecular weight excluding hydrogens is 174 g/mol. The molecule has 1 heterocycles. The van der Waals surface area contributed by atoms with Gasteiger partial charge < -0.3 is 4.74 Å². The van der Waals surface area contributed by atoms with Crippen molar-refractivity contribution < 1.29 is 4.74 Å². The Kier molecular flexibility index (Phi) is 2.55. The van der Waals surface area contributed by atoms with E-state index in [1.165, 1.54) is 5.56 Å². The van der Waals surface area contributed by atoms with E-state index in [9.17, 15) is 0 Å². The van der Waals surface area contributed by atoms with Gasteiger partial charge in [0.2, 0.25) is 0 Å². The van der Waals surface area contributed by atoms with Crippen LogP contribution < -0.4 is 4.74 Å². The zero-order chi connectivity index (χ0) is 9.97. The molecule has 0 spiro atoms. The van der Waals surface area contributed by atoms with E-state index < -0.39 is 0 Å². The van der Waals surface area contributed by atoms with Gasteiger partial charge in [0, 0.05) is 19.1 Å². The van der Waals surface area contributed by atoms with Gasteiger partial charge in [-0.1, -0.05) is 18.2 Å². The Morgan fingerprint density at radius 2 is 2.21 bits per heavy atom. The molecule has 14 heavy (non-hydrogen) atoms. The lowest BCUT2D eigenvalue weighted by Crippen LogP contribution is -1.99. The van der Waals surface area contributed by atoms with E-state index in [-0.39, 0.29) is 0 Å². The summed E-state index contributed by atoms with van der Waals surface area (Å²) >= 11 is 0. The van der Waals surface area contributed by atoms with Crippen molar-refractivity contribution in [1.29, 1.82) is 0 Å². The predicted octanol–water partition coefficient (Wildman–Crippen LogP) is 2.07. The first-order chi connectivity index (χ1) is 6.83. The zero-order valence-corrected chi connectivity index (χ0v) is 8.44. The molecule has 1 aromatic carbocycles. The largest absolute Gasteiger partial charge is 0.497 e. The van der Waals surface area contributed by atoms with Crippen LogP contribution >= 0.6 is 0 Å². The number of methoxy groups -OCH3 is 1. The van der Waals surface area contributed by atoms with Crippen LogP contribution in [0.1, 0.15) is 5.56 Å². The van der Waals surface area contributed by atoms with Gasteiger partial charge in [-0.3, -0.25) is 4.90 Å². The van der Waals surface area contributed by atoms with Gasteiger partial charge in [0.1, 0.15) is 5.75 Å². The monoisotopic (exact) mass is 189 g/mol. The second-order valence-electron chi connectivity index (χ2n) is 3.58. The van der Waals surface area contributed by atoms with Gasteiger partial charge in [-0.05, 0) is 17.7 Å². The third-order valence-electron chi connectivity index (χ3n) is 2.57. The molecule has 1 aromatic rings. The topological polar surface area (TPSA) is 12.2 Å². The van der Waals surface area contributed by atoms with E-state index in [1.807, 2.05) is 18.2 Å². The molecule has 2 rings (SSSR count). The van der Waals surface area contributed by atoms with E-state index in [4.69, 9.17) is 4.74 Å². The number of nitrogens with zero attached hydrogens (tertiary/aromatic N) is 1. The number of rotatable bonds is 4. The summed E-state index contributed by atoms with van der Waals surface area (Å²) in [6.07, 6.45) is 2.00. The Balaban J connectivity index is 1.94. The molecule has 0 radical (unpaired) electrons. The van der Waals surface area contributed by atoms with Crippen LogP contribution in [-0.2, 0) is 6.54 Å². The minimum Gasteiger partial charge on any atom is -0.497 e. The van der Waals surface area contributed by atoms with E-state index in [0.717, 1.165) is 18.8 Å². The van der Waals surface area contributed by atoms with Crippen molar-refractivity contribution in [2.75, 3.05) is 13.7 Å². The Bertz CT molecular complexity index is 318. The highest BCUT2D eigenvalue weighted by molar-refractivity contribution is 5.27. The van der Waals surface area contributed by atoms with Gasteiger partial charge in [0.15, 0.2) is 0 Å². The second kappa shape index (κ2) is 3.84. The molecule has 1 fully saturated rings. The first-order valence-electron chi connectivity index (χ1n) is 4.83. The summed E-state index contributed by atoms with van der Waals surface area (Å²) in [6.45, 7) is 5.94. The maximum absolute atomic E-state index is 5.10. The molecule has 1 aliphatic rings. The maximum Gasteiger partial charge on any atom is 0.118 e. The van der Waals surface area contributed by atoms with Crippen molar-refractivity contribution in [3.8, 4) is 5.75 Å². The lowest BCUT2D eigenvalue weighted by molar-refractivity contribution is 0.414. The highest BCUT2D eigenvalue weighted by Crippen LogP contribution is 2.22. The number of hydrogen-bond acceptors (Lipinski definition) is 2. The van der Waals surface area contributed by atoms with Gasteiger partial charge in [-0.15, -0.1) is 6.58 Å². The standard InChI is InChI=1S/C12H15NO/c1-3-11-9-13(11)8-10-4-6-12(14-2)7-5-10/h3-7,11H,1,8-9H2,2H3. The number of ether oxygens (including phenoxy) is 1. The van der Waals surface area contributed by atoms with E-state index >= 15 is 0 Å². The van der Waals surface area contributed by atoms with Crippen molar-refractivity contribution in [2.45, 2.75) is 12.6 Å². The van der Waals surface area contributed by atoms with Crippen molar-refractivity contribution >= 4 is 0 Å². The normalized spacial score (nSPS) is 24.4. The van der Waals surface area contributed by atoms with Crippen molar-refractivity contribution in [1.82, 2.24) is 4.90 Å². The number of hydrogen-bond donors (Lipinski definition) is 0. The highest BCUT2D eigenvalue weighted by atomic mass is 16.5. The Hall–Kier alpha value is -1.28. The fourth-order valence-electron chi connectivity index (χ4n) is 1.56. The van der Waals surface area contributed by atoms with Crippen molar-refractivity contribution in [3.05, 3.63) is 42.5 Å². The molecule has 2 nitrogen and oxygen atoms in total. The third kappa shape index (κ3) is 1.96. The molecule has 0 amide bonds. The van der Waals surface area contributed by atoms with Crippen LogP contribution in [0.5, 0.6) is 5.75 Å². The first kappa shape index (κ1) is 9.28. The van der Waals surface area contributed by atoms with E-state index in [0.29, 0.717) is 6.04 Å². The Morgan fingerprint density at radius 3 is 2.71 bits per heavy atom. The molecule has 0 bridgehead atoms. The second-order valence-corrected chi connectivity index (χ2v) is 3.58. The summed E-state index contributed by atoms with van der Waals surface area (Å²) in [7, 11) is 1.69. The number of benzene rings is 1. The van der Waals surface area contributed by atoms with Crippen LogP contribution in [0.4, 0.5) is 0 Å². The first-order valence-corrected chi connectivity index (χ1v) is 4.83. The van der Waals surface area contributed by atoms with Gasteiger partial charge in [-0.2, -0.15) is 0 Å². The smallest absolute Gasteiger partial charge is 0.118 e. The molecular formula is C12H15NO. The fraction of sp³-hybridized carbons (Fsp3) is 0.333. The van der Waals surface area contributed by atoms with Gasteiger partial charge in [0.25, 0.3) is 0 Å². The molecule has 2 heteroatoms. The summed E-state index contributed by atoms with van der Waals surface area (Å²) in [5.41, 5.74) is 1.33. The minimum absolute atomic E-state index is 0.595. The zero-order valence-electron chi connectivity index (χ0n) is 8.44. The van der Waals surface area contributed by atoms with Crippen LogP contribution in [0.25, 0.3) is 0 Å². The summed E-state index contributed by atoms with van der Waals surface area (Å²) in [6, 6.07) is 8.81. The lowest BCUT2D eigenvalue weighted by Gasteiger charge is -2.04. The quantitative estimate of drug-likeness (QED) is 0.531. The molecule has 0 aromatic heterocycles. The molecule has 2 unspecified atom stereocenters. The Labute approximate surface area is 84.8 Å². The molecule has 0 aliphatic carbocycles. The molecule has 0 saturated carbocycles. The van der Waals surface area contributed by atoms with E-state index in [1.54, 1.807) is 7.11 Å². The van der Waals surface area contributed by atoms with Crippen LogP contribution in [0, 0.1) is 0 Å². The molecule has 1 aliphatic heterocycles. The lowest BCUT2D eigenvalue weighted by atomic mass is 10.2. The van der Waals surface area contributed by atoms with Crippen LogP contribution in [0.15, 0.2) is 36.9 Å². The summed E-state index contributed by atoms with van der Waals surface area (Å²) in [5, 5.41) is 0. The molecule has 2 atom stereocenters. The molecule has 0 N–H and O–H groups in total. The highest BCUT2D eigenvalue weighted by Gasteiger charge is 2.30. The van der Waals surface area contributed by atoms with Gasteiger partial charge in [0.05, 0.1) is 7.11 Å². The SMILES string of the molecule is C=CC1CN1Cc1ccc(OC)cc1. The van der Waals surface area contributed by atoms with Gasteiger partial charge >= 0.3 is 0 Å². The van der Waals surface area contributed by atoms with Crippen LogP contribution in [0.3, 0.4) is 0 Å². The van der Waals surface area contributed by atoms with Gasteiger partial charge in [-0.25, -0.2) is 0 Å². The third-order valence-corrected chi connectivity index (χ3v) is 2.57. The molecule has 74 valence electrons. The summed E-state index contributed by atoms with van der Waals surface area (Å²) < 4.78 is 5.10. The fourth-order valence-corrected chi connectivity index (χ4v) is 1.56.